The first-order valence-corrected chi connectivity index (χ1v) is 10.9. The molecule has 0 spiro atoms. The molecule has 174 valence electrons. The minimum atomic E-state index is -4.54. The summed E-state index contributed by atoms with van der Waals surface area (Å²) in [6.07, 6.45) is -1.46. The van der Waals surface area contributed by atoms with Crippen LogP contribution < -0.4 is 15.4 Å². The van der Waals surface area contributed by atoms with E-state index >= 15 is 0 Å². The van der Waals surface area contributed by atoms with Crippen LogP contribution in [0.2, 0.25) is 0 Å². The third kappa shape index (κ3) is 5.21. The van der Waals surface area contributed by atoms with Crippen molar-refractivity contribution in [2.24, 2.45) is 0 Å². The van der Waals surface area contributed by atoms with Gasteiger partial charge in [-0.05, 0) is 62.4 Å². The maximum Gasteiger partial charge on any atom is 0.433 e. The average Bonchev–Trinajstić information content (AvgIpc) is 2.78. The summed E-state index contributed by atoms with van der Waals surface area (Å²) in [7, 11) is 1.52. The first-order valence-electron chi connectivity index (χ1n) is 10.9. The van der Waals surface area contributed by atoms with Crippen molar-refractivity contribution >= 4 is 22.5 Å². The van der Waals surface area contributed by atoms with Gasteiger partial charge in [-0.15, -0.1) is 0 Å². The summed E-state index contributed by atoms with van der Waals surface area (Å²) in [4.78, 5) is 16.6. The number of aromatic nitrogens is 1. The maximum atomic E-state index is 13.5. The van der Waals surface area contributed by atoms with Crippen LogP contribution in [0.4, 0.5) is 18.9 Å². The van der Waals surface area contributed by atoms with Gasteiger partial charge >= 0.3 is 6.18 Å². The van der Waals surface area contributed by atoms with Gasteiger partial charge in [-0.25, -0.2) is 4.98 Å². The molecule has 1 aliphatic carbocycles. The first kappa shape index (κ1) is 22.9. The molecule has 3 aromatic rings. The smallest absolute Gasteiger partial charge is 0.433 e. The number of nitrogens with zero attached hydrogens (tertiary/aromatic N) is 1. The van der Waals surface area contributed by atoms with Gasteiger partial charge in [0.05, 0.1) is 18.2 Å². The number of pyridine rings is 1. The van der Waals surface area contributed by atoms with Crippen LogP contribution in [0.15, 0.2) is 48.5 Å². The van der Waals surface area contributed by atoms with Gasteiger partial charge in [-0.3, -0.25) is 4.79 Å². The summed E-state index contributed by atoms with van der Waals surface area (Å²) in [5.41, 5.74) is 1.11. The van der Waals surface area contributed by atoms with Gasteiger partial charge in [0.25, 0.3) is 5.91 Å². The van der Waals surface area contributed by atoms with Gasteiger partial charge in [0.1, 0.15) is 11.4 Å². The van der Waals surface area contributed by atoms with E-state index in [1.807, 2.05) is 13.0 Å². The van der Waals surface area contributed by atoms with Gasteiger partial charge in [0, 0.05) is 23.2 Å². The van der Waals surface area contributed by atoms with Crippen molar-refractivity contribution in [2.45, 2.75) is 50.9 Å². The summed E-state index contributed by atoms with van der Waals surface area (Å²) < 4.78 is 45.6. The van der Waals surface area contributed by atoms with E-state index in [0.717, 1.165) is 30.9 Å². The van der Waals surface area contributed by atoms with Crippen molar-refractivity contribution in [1.82, 2.24) is 10.3 Å². The van der Waals surface area contributed by atoms with E-state index in [4.69, 9.17) is 4.74 Å². The van der Waals surface area contributed by atoms with Crippen molar-refractivity contribution in [2.75, 3.05) is 12.4 Å². The Kier molecular flexibility index (Phi) is 6.44. The predicted octanol–water partition coefficient (Wildman–Crippen LogP) is 5.72. The van der Waals surface area contributed by atoms with E-state index in [1.54, 1.807) is 36.4 Å². The van der Waals surface area contributed by atoms with E-state index < -0.39 is 11.9 Å². The summed E-state index contributed by atoms with van der Waals surface area (Å²) in [6.45, 7) is 1.82. The molecule has 1 saturated carbocycles. The van der Waals surface area contributed by atoms with E-state index in [-0.39, 0.29) is 18.0 Å². The SMILES string of the molecule is COc1ccccc1C(=O)N[C@@H]1CCC[C@H](Nc2cc(C(F)(F)F)nc3cc(C)ccc23)C1. The molecule has 1 aromatic heterocycles. The number of anilines is 1. The molecular weight excluding hydrogens is 431 g/mol. The third-order valence-electron chi connectivity index (χ3n) is 5.98. The zero-order valence-corrected chi connectivity index (χ0v) is 18.5. The Balaban J connectivity index is 1.53. The Morgan fingerprint density at radius 2 is 1.85 bits per heavy atom. The quantitative estimate of drug-likeness (QED) is 0.514. The molecule has 33 heavy (non-hydrogen) atoms. The Labute approximate surface area is 190 Å². The highest BCUT2D eigenvalue weighted by molar-refractivity contribution is 5.97. The van der Waals surface area contributed by atoms with Crippen LogP contribution in [-0.2, 0) is 6.18 Å². The fraction of sp³-hybridized carbons (Fsp3) is 0.360. The minimum absolute atomic E-state index is 0.0743. The Bertz CT molecular complexity index is 1160. The number of hydrogen-bond acceptors (Lipinski definition) is 4. The Morgan fingerprint density at radius 1 is 1.09 bits per heavy atom. The first-order chi connectivity index (χ1) is 15.7. The van der Waals surface area contributed by atoms with Crippen molar-refractivity contribution in [3.63, 3.8) is 0 Å². The predicted molar refractivity (Wildman–Crippen MR) is 122 cm³/mol. The number of para-hydroxylation sites is 1. The summed E-state index contributed by atoms with van der Waals surface area (Å²) in [5, 5.41) is 7.01. The maximum absolute atomic E-state index is 13.5. The zero-order valence-electron chi connectivity index (χ0n) is 18.5. The molecule has 2 aromatic carbocycles. The van der Waals surface area contributed by atoms with Gasteiger partial charge in [0.15, 0.2) is 0 Å². The third-order valence-corrected chi connectivity index (χ3v) is 5.98. The van der Waals surface area contributed by atoms with Gasteiger partial charge in [0.2, 0.25) is 0 Å². The molecule has 2 N–H and O–H groups in total. The van der Waals surface area contributed by atoms with Gasteiger partial charge < -0.3 is 15.4 Å². The van der Waals surface area contributed by atoms with E-state index in [0.29, 0.717) is 34.3 Å². The fourth-order valence-electron chi connectivity index (χ4n) is 4.37. The fourth-order valence-corrected chi connectivity index (χ4v) is 4.37. The van der Waals surface area contributed by atoms with Crippen LogP contribution >= 0.6 is 0 Å². The second-order valence-corrected chi connectivity index (χ2v) is 8.45. The molecular formula is C25H26F3N3O2. The summed E-state index contributed by atoms with van der Waals surface area (Å²) in [6, 6.07) is 13.2. The molecule has 0 aliphatic heterocycles. The van der Waals surface area contributed by atoms with E-state index in [2.05, 4.69) is 15.6 Å². The van der Waals surface area contributed by atoms with Crippen molar-refractivity contribution < 1.29 is 22.7 Å². The van der Waals surface area contributed by atoms with Crippen molar-refractivity contribution in [1.29, 1.82) is 0 Å². The Hall–Kier alpha value is -3.29. The van der Waals surface area contributed by atoms with Crippen LogP contribution in [0.5, 0.6) is 5.75 Å². The molecule has 1 aliphatic rings. The number of fused-ring (bicyclic) bond motifs is 1. The molecule has 0 saturated heterocycles. The zero-order chi connectivity index (χ0) is 23.6. The number of rotatable bonds is 5. The molecule has 0 bridgehead atoms. The van der Waals surface area contributed by atoms with Crippen molar-refractivity contribution in [3.05, 3.63) is 65.4 Å². The molecule has 1 heterocycles. The highest BCUT2D eigenvalue weighted by atomic mass is 19.4. The number of aryl methyl sites for hydroxylation is 1. The standard InChI is InChI=1S/C25H26F3N3O2/c1-15-10-11-18-20(12-15)31-23(25(26,27)28)14-21(18)29-16-6-5-7-17(13-16)30-24(32)19-8-3-4-9-22(19)33-2/h3-4,8-12,14,16-17H,5-7,13H2,1-2H3,(H,29,31)(H,30,32)/t16-,17+/m0/s1. The molecule has 1 fully saturated rings. The lowest BCUT2D eigenvalue weighted by Gasteiger charge is -2.31. The monoisotopic (exact) mass is 457 g/mol. The molecule has 5 nitrogen and oxygen atoms in total. The second-order valence-electron chi connectivity index (χ2n) is 8.45. The van der Waals surface area contributed by atoms with Gasteiger partial charge in [-0.1, -0.05) is 24.3 Å². The van der Waals surface area contributed by atoms with Crippen LogP contribution in [0.3, 0.4) is 0 Å². The highest BCUT2D eigenvalue weighted by Gasteiger charge is 2.34. The lowest BCUT2D eigenvalue weighted by Crippen LogP contribution is -2.42. The van der Waals surface area contributed by atoms with Gasteiger partial charge in [-0.2, -0.15) is 13.2 Å². The molecule has 0 unspecified atom stereocenters. The number of benzene rings is 2. The van der Waals surface area contributed by atoms with Crippen LogP contribution in [-0.4, -0.2) is 30.1 Å². The summed E-state index contributed by atoms with van der Waals surface area (Å²) in [5.74, 6) is 0.279. The number of amides is 1. The number of halogens is 3. The molecule has 1 amide bonds. The number of hydrogen-bond donors (Lipinski definition) is 2. The molecule has 2 atom stereocenters. The average molecular weight is 457 g/mol. The normalized spacial score (nSPS) is 18.7. The molecule has 0 radical (unpaired) electrons. The van der Waals surface area contributed by atoms with E-state index in [9.17, 15) is 18.0 Å². The summed E-state index contributed by atoms with van der Waals surface area (Å²) >= 11 is 0. The number of carbonyl (C=O) groups excluding carboxylic acids is 1. The molecule has 4 rings (SSSR count). The lowest BCUT2D eigenvalue weighted by atomic mass is 9.90. The number of carbonyl (C=O) groups is 1. The van der Waals surface area contributed by atoms with Crippen LogP contribution in [0.1, 0.15) is 47.3 Å². The largest absolute Gasteiger partial charge is 0.496 e. The van der Waals surface area contributed by atoms with Crippen LogP contribution in [0.25, 0.3) is 10.9 Å². The van der Waals surface area contributed by atoms with Crippen molar-refractivity contribution in [3.8, 4) is 5.75 Å². The number of alkyl halides is 3. The molecule has 8 heteroatoms. The highest BCUT2D eigenvalue weighted by Crippen LogP contribution is 2.34. The van der Waals surface area contributed by atoms with Crippen LogP contribution in [0, 0.1) is 6.92 Å². The number of ether oxygens (including phenoxy) is 1. The van der Waals surface area contributed by atoms with E-state index in [1.165, 1.54) is 7.11 Å². The second kappa shape index (κ2) is 9.29. The number of nitrogens with one attached hydrogen (secondary N) is 2. The Morgan fingerprint density at radius 3 is 2.61 bits per heavy atom. The lowest BCUT2D eigenvalue weighted by molar-refractivity contribution is -0.140. The number of methoxy groups -OCH3 is 1. The topological polar surface area (TPSA) is 63.2 Å². The minimum Gasteiger partial charge on any atom is -0.496 e.